The van der Waals surface area contributed by atoms with Gasteiger partial charge in [-0.3, -0.25) is 0 Å². The Hall–Kier alpha value is -0.0600. The predicted molar refractivity (Wildman–Crippen MR) is 64.2 cm³/mol. The standard InChI is InChI=1S/C10H17NOS2/c1-7(2)13-6-9(12)4-10-11-8(3)5-14-10/h5,7,9,12H,4,6H2,1-3H3. The van der Waals surface area contributed by atoms with Crippen LogP contribution in [0.25, 0.3) is 0 Å². The van der Waals surface area contributed by atoms with Gasteiger partial charge in [-0.25, -0.2) is 4.98 Å². The topological polar surface area (TPSA) is 33.1 Å². The van der Waals surface area contributed by atoms with Crippen LogP contribution in [0.4, 0.5) is 0 Å². The van der Waals surface area contributed by atoms with E-state index in [1.807, 2.05) is 12.3 Å². The van der Waals surface area contributed by atoms with Crippen molar-refractivity contribution in [2.75, 3.05) is 5.75 Å². The third-order valence-corrected chi connectivity index (χ3v) is 3.93. The third-order valence-electron chi connectivity index (χ3n) is 1.70. The Bertz CT molecular complexity index is 273. The van der Waals surface area contributed by atoms with E-state index in [9.17, 15) is 5.11 Å². The lowest BCUT2D eigenvalue weighted by molar-refractivity contribution is 0.200. The predicted octanol–water partition coefficient (Wildman–Crippen LogP) is 2.50. The zero-order chi connectivity index (χ0) is 10.6. The van der Waals surface area contributed by atoms with E-state index in [0.717, 1.165) is 16.5 Å². The van der Waals surface area contributed by atoms with Crippen molar-refractivity contribution in [1.82, 2.24) is 4.98 Å². The highest BCUT2D eigenvalue weighted by atomic mass is 32.2. The summed E-state index contributed by atoms with van der Waals surface area (Å²) in [6.07, 6.45) is 0.436. The summed E-state index contributed by atoms with van der Waals surface area (Å²) in [5, 5.41) is 13.4. The molecule has 1 rings (SSSR count). The Labute approximate surface area is 93.8 Å². The Morgan fingerprint density at radius 2 is 2.29 bits per heavy atom. The van der Waals surface area contributed by atoms with Crippen LogP contribution in [0.1, 0.15) is 24.5 Å². The van der Waals surface area contributed by atoms with Crippen LogP contribution < -0.4 is 0 Å². The fourth-order valence-corrected chi connectivity index (χ4v) is 2.63. The highest BCUT2D eigenvalue weighted by molar-refractivity contribution is 7.99. The number of aliphatic hydroxyl groups excluding tert-OH is 1. The molecule has 0 aliphatic heterocycles. The average molecular weight is 231 g/mol. The maximum Gasteiger partial charge on any atom is 0.0954 e. The lowest BCUT2D eigenvalue weighted by Gasteiger charge is -2.09. The van der Waals surface area contributed by atoms with Crippen molar-refractivity contribution < 1.29 is 5.11 Å². The first kappa shape index (κ1) is 12.0. The molecule has 0 aliphatic carbocycles. The van der Waals surface area contributed by atoms with Crippen molar-refractivity contribution in [3.05, 3.63) is 16.1 Å². The van der Waals surface area contributed by atoms with E-state index in [-0.39, 0.29) is 6.10 Å². The molecular formula is C10H17NOS2. The number of thioether (sulfide) groups is 1. The van der Waals surface area contributed by atoms with Crippen LogP contribution in [0.2, 0.25) is 0 Å². The summed E-state index contributed by atoms with van der Waals surface area (Å²) in [6.45, 7) is 6.27. The first-order chi connectivity index (χ1) is 6.58. The molecule has 1 unspecified atom stereocenters. The summed E-state index contributed by atoms with van der Waals surface area (Å²) in [7, 11) is 0. The highest BCUT2D eigenvalue weighted by Crippen LogP contribution is 2.15. The molecule has 1 atom stereocenters. The molecular weight excluding hydrogens is 214 g/mol. The molecule has 1 aromatic rings. The number of hydrogen-bond acceptors (Lipinski definition) is 4. The van der Waals surface area contributed by atoms with E-state index in [1.165, 1.54) is 0 Å². The van der Waals surface area contributed by atoms with Gasteiger partial charge in [0.1, 0.15) is 0 Å². The molecule has 80 valence electrons. The largest absolute Gasteiger partial charge is 0.392 e. The second kappa shape index (κ2) is 5.73. The number of hydrogen-bond donors (Lipinski definition) is 1. The maximum atomic E-state index is 9.71. The summed E-state index contributed by atoms with van der Waals surface area (Å²) in [5.41, 5.74) is 1.05. The average Bonchev–Trinajstić information content (AvgIpc) is 2.48. The van der Waals surface area contributed by atoms with E-state index in [1.54, 1.807) is 23.1 Å². The van der Waals surface area contributed by atoms with Crippen molar-refractivity contribution >= 4 is 23.1 Å². The van der Waals surface area contributed by atoms with Gasteiger partial charge in [-0.05, 0) is 12.2 Å². The summed E-state index contributed by atoms with van der Waals surface area (Å²) in [5.74, 6) is 0.802. The zero-order valence-corrected chi connectivity index (χ0v) is 10.5. The number of nitrogens with zero attached hydrogens (tertiary/aromatic N) is 1. The van der Waals surface area contributed by atoms with Crippen molar-refractivity contribution in [3.63, 3.8) is 0 Å². The lowest BCUT2D eigenvalue weighted by Crippen LogP contribution is -2.14. The molecule has 14 heavy (non-hydrogen) atoms. The van der Waals surface area contributed by atoms with Gasteiger partial charge in [-0.2, -0.15) is 11.8 Å². The smallest absolute Gasteiger partial charge is 0.0954 e. The molecule has 0 saturated carbocycles. The van der Waals surface area contributed by atoms with Gasteiger partial charge in [-0.15, -0.1) is 11.3 Å². The molecule has 2 nitrogen and oxygen atoms in total. The van der Waals surface area contributed by atoms with E-state index in [0.29, 0.717) is 11.7 Å². The lowest BCUT2D eigenvalue weighted by atomic mass is 10.3. The normalized spacial score (nSPS) is 13.5. The number of aliphatic hydroxyl groups is 1. The first-order valence-corrected chi connectivity index (χ1v) is 6.71. The van der Waals surface area contributed by atoms with E-state index in [2.05, 4.69) is 18.8 Å². The number of thiazole rings is 1. The van der Waals surface area contributed by atoms with Gasteiger partial charge in [-0.1, -0.05) is 13.8 Å². The summed E-state index contributed by atoms with van der Waals surface area (Å²) < 4.78 is 0. The van der Waals surface area contributed by atoms with Crippen LogP contribution in [0, 0.1) is 6.92 Å². The number of aromatic nitrogens is 1. The van der Waals surface area contributed by atoms with Crippen molar-refractivity contribution in [1.29, 1.82) is 0 Å². The van der Waals surface area contributed by atoms with Gasteiger partial charge in [0.2, 0.25) is 0 Å². The summed E-state index contributed by atoms with van der Waals surface area (Å²) >= 11 is 3.42. The van der Waals surface area contributed by atoms with Crippen molar-refractivity contribution in [3.8, 4) is 0 Å². The van der Waals surface area contributed by atoms with Crippen LogP contribution in [0.15, 0.2) is 5.38 Å². The van der Waals surface area contributed by atoms with E-state index < -0.39 is 0 Å². The Balaban J connectivity index is 2.30. The first-order valence-electron chi connectivity index (χ1n) is 4.78. The quantitative estimate of drug-likeness (QED) is 0.845. The molecule has 1 heterocycles. The van der Waals surface area contributed by atoms with Crippen LogP contribution >= 0.6 is 23.1 Å². The zero-order valence-electron chi connectivity index (χ0n) is 8.86. The SMILES string of the molecule is Cc1csc(CC(O)CSC(C)C)n1. The summed E-state index contributed by atoms with van der Waals surface area (Å²) in [4.78, 5) is 4.33. The molecule has 0 amide bonds. The fourth-order valence-electron chi connectivity index (χ4n) is 1.06. The molecule has 1 aromatic heterocycles. The Morgan fingerprint density at radius 3 is 2.79 bits per heavy atom. The van der Waals surface area contributed by atoms with Gasteiger partial charge < -0.3 is 5.11 Å². The molecule has 0 aliphatic rings. The minimum atomic E-state index is -0.257. The maximum absolute atomic E-state index is 9.71. The monoisotopic (exact) mass is 231 g/mol. The Morgan fingerprint density at radius 1 is 1.57 bits per heavy atom. The van der Waals surface area contributed by atoms with Gasteiger partial charge >= 0.3 is 0 Å². The highest BCUT2D eigenvalue weighted by Gasteiger charge is 2.09. The van der Waals surface area contributed by atoms with Crippen LogP contribution in [-0.2, 0) is 6.42 Å². The minimum absolute atomic E-state index is 0.257. The van der Waals surface area contributed by atoms with E-state index in [4.69, 9.17) is 0 Å². The van der Waals surface area contributed by atoms with Crippen LogP contribution in [0.3, 0.4) is 0 Å². The molecule has 0 aromatic carbocycles. The molecule has 0 saturated heterocycles. The fraction of sp³-hybridized carbons (Fsp3) is 0.700. The van der Waals surface area contributed by atoms with Crippen LogP contribution in [-0.4, -0.2) is 27.2 Å². The molecule has 4 heteroatoms. The Kier molecular flexibility index (Phi) is 4.92. The molecule has 1 N–H and O–H groups in total. The van der Waals surface area contributed by atoms with Crippen molar-refractivity contribution in [2.24, 2.45) is 0 Å². The molecule has 0 bridgehead atoms. The van der Waals surface area contributed by atoms with Gasteiger partial charge in [0.05, 0.1) is 11.1 Å². The third kappa shape index (κ3) is 4.44. The van der Waals surface area contributed by atoms with Crippen molar-refractivity contribution in [2.45, 2.75) is 38.5 Å². The van der Waals surface area contributed by atoms with Gasteiger partial charge in [0, 0.05) is 23.2 Å². The summed E-state index contributed by atoms with van der Waals surface area (Å²) in [6, 6.07) is 0. The van der Waals surface area contributed by atoms with E-state index >= 15 is 0 Å². The van der Waals surface area contributed by atoms with Gasteiger partial charge in [0.15, 0.2) is 0 Å². The second-order valence-corrected chi connectivity index (χ2v) is 6.17. The molecule has 0 fully saturated rings. The number of rotatable bonds is 5. The second-order valence-electron chi connectivity index (χ2n) is 3.62. The van der Waals surface area contributed by atoms with Gasteiger partial charge in [0.25, 0.3) is 0 Å². The van der Waals surface area contributed by atoms with Crippen LogP contribution in [0.5, 0.6) is 0 Å². The molecule has 0 spiro atoms. The molecule has 0 radical (unpaired) electrons. The minimum Gasteiger partial charge on any atom is -0.392 e. The number of aryl methyl sites for hydroxylation is 1.